The van der Waals surface area contributed by atoms with E-state index < -0.39 is 0 Å². The molecule has 0 heterocycles. The highest BCUT2D eigenvalue weighted by atomic mass is 16.1. The SMILES string of the molecule is CCC(Cc1ccccc1)NC(=O)CNCC1CC1. The van der Waals surface area contributed by atoms with E-state index in [1.165, 1.54) is 18.4 Å². The summed E-state index contributed by atoms with van der Waals surface area (Å²) in [7, 11) is 0. The van der Waals surface area contributed by atoms with Gasteiger partial charge in [0.15, 0.2) is 0 Å². The first kappa shape index (κ1) is 14.1. The molecule has 1 aliphatic carbocycles. The Bertz CT molecular complexity index is 387. The molecule has 1 fully saturated rings. The monoisotopic (exact) mass is 260 g/mol. The van der Waals surface area contributed by atoms with Crippen LogP contribution < -0.4 is 10.6 Å². The number of hydrogen-bond donors (Lipinski definition) is 2. The minimum absolute atomic E-state index is 0.114. The van der Waals surface area contributed by atoms with Crippen LogP contribution in [0.5, 0.6) is 0 Å². The number of carbonyl (C=O) groups is 1. The molecule has 0 spiro atoms. The summed E-state index contributed by atoms with van der Waals surface area (Å²) in [4.78, 5) is 11.8. The van der Waals surface area contributed by atoms with Gasteiger partial charge in [0.25, 0.3) is 0 Å². The molecule has 19 heavy (non-hydrogen) atoms. The van der Waals surface area contributed by atoms with Crippen LogP contribution in [-0.4, -0.2) is 25.0 Å². The van der Waals surface area contributed by atoms with Gasteiger partial charge in [-0.2, -0.15) is 0 Å². The number of benzene rings is 1. The smallest absolute Gasteiger partial charge is 0.234 e. The van der Waals surface area contributed by atoms with Gasteiger partial charge in [0, 0.05) is 6.04 Å². The molecular weight excluding hydrogens is 236 g/mol. The lowest BCUT2D eigenvalue weighted by atomic mass is 10.0. The topological polar surface area (TPSA) is 41.1 Å². The molecule has 1 aliphatic rings. The van der Waals surface area contributed by atoms with Gasteiger partial charge in [-0.25, -0.2) is 0 Å². The molecule has 2 rings (SSSR count). The maximum atomic E-state index is 11.8. The molecular formula is C16H24N2O. The van der Waals surface area contributed by atoms with Crippen molar-refractivity contribution in [2.75, 3.05) is 13.1 Å². The third-order valence-corrected chi connectivity index (χ3v) is 3.60. The van der Waals surface area contributed by atoms with Crippen LogP contribution in [-0.2, 0) is 11.2 Å². The fourth-order valence-corrected chi connectivity index (χ4v) is 2.19. The van der Waals surface area contributed by atoms with E-state index in [1.54, 1.807) is 0 Å². The maximum Gasteiger partial charge on any atom is 0.234 e. The standard InChI is InChI=1S/C16H24N2O/c1-2-15(10-13-6-4-3-5-7-13)18-16(19)12-17-11-14-8-9-14/h3-7,14-15,17H,2,8-12H2,1H3,(H,18,19). The van der Waals surface area contributed by atoms with E-state index in [4.69, 9.17) is 0 Å². The molecule has 0 aromatic heterocycles. The van der Waals surface area contributed by atoms with E-state index >= 15 is 0 Å². The number of carbonyl (C=O) groups excluding carboxylic acids is 1. The molecule has 0 saturated heterocycles. The van der Waals surface area contributed by atoms with Crippen LogP contribution in [0, 0.1) is 5.92 Å². The minimum Gasteiger partial charge on any atom is -0.352 e. The molecule has 2 N–H and O–H groups in total. The molecule has 3 heteroatoms. The average molecular weight is 260 g/mol. The van der Waals surface area contributed by atoms with Gasteiger partial charge in [0.05, 0.1) is 6.54 Å². The van der Waals surface area contributed by atoms with Gasteiger partial charge in [-0.1, -0.05) is 37.3 Å². The first-order valence-corrected chi connectivity index (χ1v) is 7.32. The normalized spacial score (nSPS) is 16.1. The third kappa shape index (κ3) is 5.43. The van der Waals surface area contributed by atoms with Gasteiger partial charge < -0.3 is 10.6 Å². The van der Waals surface area contributed by atoms with Crippen LogP contribution >= 0.6 is 0 Å². The van der Waals surface area contributed by atoms with Gasteiger partial charge in [-0.15, -0.1) is 0 Å². The fourth-order valence-electron chi connectivity index (χ4n) is 2.19. The lowest BCUT2D eigenvalue weighted by molar-refractivity contribution is -0.120. The van der Waals surface area contributed by atoms with E-state index in [2.05, 4.69) is 29.7 Å². The first-order chi connectivity index (χ1) is 9.28. The summed E-state index contributed by atoms with van der Waals surface area (Å²) in [5, 5.41) is 6.34. The van der Waals surface area contributed by atoms with E-state index in [0.29, 0.717) is 6.54 Å². The fraction of sp³-hybridized carbons (Fsp3) is 0.562. The molecule has 1 aromatic carbocycles. The first-order valence-electron chi connectivity index (χ1n) is 7.32. The highest BCUT2D eigenvalue weighted by Crippen LogP contribution is 2.27. The summed E-state index contributed by atoms with van der Waals surface area (Å²) < 4.78 is 0. The number of rotatable bonds is 8. The zero-order valence-electron chi connectivity index (χ0n) is 11.7. The highest BCUT2D eigenvalue weighted by Gasteiger charge is 2.20. The molecule has 1 amide bonds. The second kappa shape index (κ2) is 7.29. The van der Waals surface area contributed by atoms with E-state index in [1.807, 2.05) is 18.2 Å². The lowest BCUT2D eigenvalue weighted by Gasteiger charge is -2.17. The van der Waals surface area contributed by atoms with Crippen molar-refractivity contribution >= 4 is 5.91 Å². The molecule has 3 nitrogen and oxygen atoms in total. The van der Waals surface area contributed by atoms with Gasteiger partial charge in [0.1, 0.15) is 0 Å². The van der Waals surface area contributed by atoms with Crippen LogP contribution in [0.3, 0.4) is 0 Å². The number of amides is 1. The van der Waals surface area contributed by atoms with Crippen molar-refractivity contribution in [3.63, 3.8) is 0 Å². The van der Waals surface area contributed by atoms with Crippen LogP contribution in [0.4, 0.5) is 0 Å². The van der Waals surface area contributed by atoms with Crippen molar-refractivity contribution in [2.45, 2.75) is 38.6 Å². The van der Waals surface area contributed by atoms with Gasteiger partial charge in [-0.05, 0) is 43.7 Å². The summed E-state index contributed by atoms with van der Waals surface area (Å²) in [5.41, 5.74) is 1.28. The molecule has 1 unspecified atom stereocenters. The van der Waals surface area contributed by atoms with Crippen molar-refractivity contribution in [1.82, 2.24) is 10.6 Å². The predicted molar refractivity (Wildman–Crippen MR) is 78.0 cm³/mol. The van der Waals surface area contributed by atoms with E-state index in [9.17, 15) is 4.79 Å². The molecule has 1 saturated carbocycles. The Morgan fingerprint density at radius 1 is 1.32 bits per heavy atom. The van der Waals surface area contributed by atoms with Crippen LogP contribution in [0.25, 0.3) is 0 Å². The number of hydrogen-bond acceptors (Lipinski definition) is 2. The van der Waals surface area contributed by atoms with Crippen molar-refractivity contribution in [1.29, 1.82) is 0 Å². The molecule has 0 aliphatic heterocycles. The van der Waals surface area contributed by atoms with Gasteiger partial charge in [0.2, 0.25) is 5.91 Å². The zero-order chi connectivity index (χ0) is 13.5. The lowest BCUT2D eigenvalue weighted by Crippen LogP contribution is -2.41. The van der Waals surface area contributed by atoms with Crippen molar-refractivity contribution < 1.29 is 4.79 Å². The Balaban J connectivity index is 1.69. The second-order valence-corrected chi connectivity index (χ2v) is 5.44. The molecule has 104 valence electrons. The minimum atomic E-state index is 0.114. The Hall–Kier alpha value is -1.35. The Kier molecular flexibility index (Phi) is 5.40. The molecule has 0 radical (unpaired) electrons. The second-order valence-electron chi connectivity index (χ2n) is 5.44. The quantitative estimate of drug-likeness (QED) is 0.752. The van der Waals surface area contributed by atoms with Crippen molar-refractivity contribution in [2.24, 2.45) is 5.92 Å². The van der Waals surface area contributed by atoms with E-state index in [-0.39, 0.29) is 11.9 Å². The average Bonchev–Trinajstić information content (AvgIpc) is 3.23. The van der Waals surface area contributed by atoms with Crippen LogP contribution in [0.2, 0.25) is 0 Å². The van der Waals surface area contributed by atoms with Crippen molar-refractivity contribution in [3.05, 3.63) is 35.9 Å². The summed E-state index contributed by atoms with van der Waals surface area (Å²) in [6.07, 6.45) is 4.51. The van der Waals surface area contributed by atoms with Crippen LogP contribution in [0.1, 0.15) is 31.7 Å². The highest BCUT2D eigenvalue weighted by molar-refractivity contribution is 5.78. The zero-order valence-corrected chi connectivity index (χ0v) is 11.7. The predicted octanol–water partition coefficient (Wildman–Crippen LogP) is 2.12. The van der Waals surface area contributed by atoms with Crippen LogP contribution in [0.15, 0.2) is 30.3 Å². The summed E-state index contributed by atoms with van der Waals surface area (Å²) in [6.45, 7) is 3.55. The summed E-state index contributed by atoms with van der Waals surface area (Å²) in [5.74, 6) is 0.933. The van der Waals surface area contributed by atoms with Gasteiger partial charge >= 0.3 is 0 Å². The molecule has 1 aromatic rings. The third-order valence-electron chi connectivity index (χ3n) is 3.60. The maximum absolute atomic E-state index is 11.8. The largest absolute Gasteiger partial charge is 0.352 e. The Labute approximate surface area is 115 Å². The number of nitrogens with one attached hydrogen (secondary N) is 2. The Morgan fingerprint density at radius 2 is 2.05 bits per heavy atom. The molecule has 0 bridgehead atoms. The molecule has 1 atom stereocenters. The van der Waals surface area contributed by atoms with Crippen molar-refractivity contribution in [3.8, 4) is 0 Å². The Morgan fingerprint density at radius 3 is 2.68 bits per heavy atom. The summed E-state index contributed by atoms with van der Waals surface area (Å²) >= 11 is 0. The summed E-state index contributed by atoms with van der Waals surface area (Å²) in [6, 6.07) is 10.6. The van der Waals surface area contributed by atoms with Gasteiger partial charge in [-0.3, -0.25) is 4.79 Å². The van der Waals surface area contributed by atoms with E-state index in [0.717, 1.165) is 25.3 Å².